The molecule has 2 aliphatic heterocycles. The molecule has 3 amide bonds. The number of hydrogen-bond acceptors (Lipinski definition) is 5. The Morgan fingerprint density at radius 2 is 1.59 bits per heavy atom. The van der Waals surface area contributed by atoms with Crippen molar-refractivity contribution in [2.45, 2.75) is 19.4 Å². The summed E-state index contributed by atoms with van der Waals surface area (Å²) < 4.78 is 1.91. The van der Waals surface area contributed by atoms with Gasteiger partial charge in [0.25, 0.3) is 11.8 Å². The van der Waals surface area contributed by atoms with Crippen molar-refractivity contribution in [2.75, 3.05) is 39.3 Å². The first-order valence-corrected chi connectivity index (χ1v) is 10.1. The molecule has 3 heterocycles. The summed E-state index contributed by atoms with van der Waals surface area (Å²) in [6.45, 7) is 5.18. The van der Waals surface area contributed by atoms with E-state index in [1.165, 1.54) is 4.90 Å². The van der Waals surface area contributed by atoms with Gasteiger partial charge >= 0.3 is 0 Å². The third kappa shape index (κ3) is 4.22. The lowest BCUT2D eigenvalue weighted by molar-refractivity contribution is -0.133. The van der Waals surface area contributed by atoms with Gasteiger partial charge in [0.2, 0.25) is 5.91 Å². The van der Waals surface area contributed by atoms with Crippen molar-refractivity contribution >= 4 is 17.7 Å². The Bertz CT molecular complexity index is 852. The molecule has 1 fully saturated rings. The number of nitrogens with zero attached hydrogens (tertiary/aromatic N) is 5. The maximum atomic E-state index is 12.5. The van der Waals surface area contributed by atoms with E-state index in [4.69, 9.17) is 0 Å². The van der Waals surface area contributed by atoms with Crippen molar-refractivity contribution in [3.8, 4) is 0 Å². The zero-order valence-electron chi connectivity index (χ0n) is 16.4. The predicted octanol–water partition coefficient (Wildman–Crippen LogP) is 1.10. The Balaban J connectivity index is 1.18. The number of carbonyl (C=O) groups excluding carboxylic acids is 3. The van der Waals surface area contributed by atoms with Crippen molar-refractivity contribution in [1.29, 1.82) is 0 Å². The third-order valence-electron chi connectivity index (χ3n) is 5.58. The van der Waals surface area contributed by atoms with Crippen LogP contribution < -0.4 is 0 Å². The minimum Gasteiger partial charge on any atom is -0.340 e. The minimum absolute atomic E-state index is 0.0911. The fraction of sp³-hybridized carbons (Fsp3) is 0.429. The van der Waals surface area contributed by atoms with Crippen molar-refractivity contribution < 1.29 is 14.4 Å². The van der Waals surface area contributed by atoms with Gasteiger partial charge < -0.3 is 4.90 Å². The Morgan fingerprint density at radius 3 is 2.21 bits per heavy atom. The van der Waals surface area contributed by atoms with Crippen LogP contribution >= 0.6 is 0 Å². The number of rotatable bonds is 7. The van der Waals surface area contributed by atoms with Crippen LogP contribution in [-0.4, -0.2) is 81.5 Å². The number of piperazine rings is 1. The zero-order chi connectivity index (χ0) is 20.2. The minimum atomic E-state index is -0.260. The van der Waals surface area contributed by atoms with Crippen LogP contribution in [0.3, 0.4) is 0 Å². The summed E-state index contributed by atoms with van der Waals surface area (Å²) in [6, 6.07) is 8.77. The molecular formula is C21H25N5O3. The van der Waals surface area contributed by atoms with E-state index >= 15 is 0 Å². The highest BCUT2D eigenvalue weighted by atomic mass is 16.2. The van der Waals surface area contributed by atoms with Crippen LogP contribution in [0.15, 0.2) is 42.7 Å². The van der Waals surface area contributed by atoms with Gasteiger partial charge in [0.15, 0.2) is 0 Å². The van der Waals surface area contributed by atoms with Gasteiger partial charge in [0.1, 0.15) is 0 Å². The molecule has 8 nitrogen and oxygen atoms in total. The molecule has 0 radical (unpaired) electrons. The van der Waals surface area contributed by atoms with Gasteiger partial charge in [-0.3, -0.25) is 28.9 Å². The van der Waals surface area contributed by atoms with Gasteiger partial charge in [0, 0.05) is 58.1 Å². The molecule has 0 spiro atoms. The van der Waals surface area contributed by atoms with Crippen molar-refractivity contribution in [2.24, 2.45) is 0 Å². The standard InChI is InChI=1S/C21H25N5O3/c27-19(24-14-11-23(12-15-24)13-16-25-9-4-8-22-25)7-3-10-26-20(28)17-5-1-2-6-18(17)21(26)29/h1-2,4-6,8-9H,3,7,10-16H2. The number of imide groups is 1. The normalized spacial score (nSPS) is 17.1. The summed E-state index contributed by atoms with van der Waals surface area (Å²) in [5.41, 5.74) is 0.908. The van der Waals surface area contributed by atoms with Crippen LogP contribution in [0.5, 0.6) is 0 Å². The molecule has 29 heavy (non-hydrogen) atoms. The Kier molecular flexibility index (Phi) is 5.71. The summed E-state index contributed by atoms with van der Waals surface area (Å²) in [5, 5.41) is 4.21. The summed E-state index contributed by atoms with van der Waals surface area (Å²) >= 11 is 0. The highest BCUT2D eigenvalue weighted by molar-refractivity contribution is 6.21. The number of benzene rings is 1. The zero-order valence-corrected chi connectivity index (χ0v) is 16.4. The van der Waals surface area contributed by atoms with E-state index in [9.17, 15) is 14.4 Å². The maximum absolute atomic E-state index is 12.5. The van der Waals surface area contributed by atoms with Crippen LogP contribution in [0.25, 0.3) is 0 Å². The smallest absolute Gasteiger partial charge is 0.261 e. The second-order valence-corrected chi connectivity index (χ2v) is 7.40. The monoisotopic (exact) mass is 395 g/mol. The largest absolute Gasteiger partial charge is 0.340 e. The summed E-state index contributed by atoms with van der Waals surface area (Å²) in [7, 11) is 0. The average Bonchev–Trinajstić information content (AvgIpc) is 3.35. The Labute approximate surface area is 169 Å². The number of amides is 3. The highest BCUT2D eigenvalue weighted by Gasteiger charge is 2.34. The molecule has 1 aromatic carbocycles. The quantitative estimate of drug-likeness (QED) is 0.656. The van der Waals surface area contributed by atoms with E-state index in [2.05, 4.69) is 10.00 Å². The lowest BCUT2D eigenvalue weighted by Gasteiger charge is -2.34. The number of fused-ring (bicyclic) bond motifs is 1. The van der Waals surface area contributed by atoms with Crippen LogP contribution in [0, 0.1) is 0 Å². The molecule has 1 aromatic heterocycles. The van der Waals surface area contributed by atoms with Gasteiger partial charge in [-0.15, -0.1) is 0 Å². The number of aromatic nitrogens is 2. The molecule has 4 rings (SSSR count). The van der Waals surface area contributed by atoms with Gasteiger partial charge in [-0.05, 0) is 24.6 Å². The first-order valence-electron chi connectivity index (χ1n) is 10.1. The maximum Gasteiger partial charge on any atom is 0.261 e. The molecule has 2 aliphatic rings. The molecule has 1 saturated heterocycles. The van der Waals surface area contributed by atoms with E-state index < -0.39 is 0 Å². The predicted molar refractivity (Wildman–Crippen MR) is 106 cm³/mol. The topological polar surface area (TPSA) is 78.8 Å². The fourth-order valence-electron chi connectivity index (χ4n) is 3.89. The van der Waals surface area contributed by atoms with Crippen molar-refractivity contribution in [1.82, 2.24) is 24.5 Å². The van der Waals surface area contributed by atoms with E-state index in [1.54, 1.807) is 30.5 Å². The molecule has 0 N–H and O–H groups in total. The van der Waals surface area contributed by atoms with Gasteiger partial charge in [-0.2, -0.15) is 5.10 Å². The number of carbonyl (C=O) groups is 3. The summed E-state index contributed by atoms with van der Waals surface area (Å²) in [4.78, 5) is 42.7. The van der Waals surface area contributed by atoms with Crippen LogP contribution in [0.4, 0.5) is 0 Å². The van der Waals surface area contributed by atoms with Crippen molar-refractivity contribution in [3.63, 3.8) is 0 Å². The molecule has 0 aliphatic carbocycles. The average molecular weight is 395 g/mol. The molecule has 8 heteroatoms. The van der Waals surface area contributed by atoms with E-state index in [0.29, 0.717) is 37.1 Å². The van der Waals surface area contributed by atoms with E-state index in [0.717, 1.165) is 26.2 Å². The van der Waals surface area contributed by atoms with Crippen LogP contribution in [0.2, 0.25) is 0 Å². The molecule has 0 atom stereocenters. The molecule has 0 bridgehead atoms. The van der Waals surface area contributed by atoms with Crippen LogP contribution in [-0.2, 0) is 11.3 Å². The lowest BCUT2D eigenvalue weighted by Crippen LogP contribution is -2.49. The van der Waals surface area contributed by atoms with Gasteiger partial charge in [-0.1, -0.05) is 12.1 Å². The molecule has 0 unspecified atom stereocenters. The van der Waals surface area contributed by atoms with Crippen LogP contribution in [0.1, 0.15) is 33.6 Å². The van der Waals surface area contributed by atoms with E-state index in [-0.39, 0.29) is 24.3 Å². The van der Waals surface area contributed by atoms with Crippen molar-refractivity contribution in [3.05, 3.63) is 53.9 Å². The number of hydrogen-bond donors (Lipinski definition) is 0. The first kappa shape index (κ1) is 19.3. The first-order chi connectivity index (χ1) is 14.1. The Hall–Kier alpha value is -3.00. The highest BCUT2D eigenvalue weighted by Crippen LogP contribution is 2.22. The molecule has 152 valence electrons. The SMILES string of the molecule is O=C(CCCN1C(=O)c2ccccc2C1=O)N1CCN(CCn2cccn2)CC1. The fourth-order valence-corrected chi connectivity index (χ4v) is 3.89. The molecular weight excluding hydrogens is 370 g/mol. The van der Waals surface area contributed by atoms with Gasteiger partial charge in [0.05, 0.1) is 17.7 Å². The molecule has 0 saturated carbocycles. The second-order valence-electron chi connectivity index (χ2n) is 7.40. The van der Waals surface area contributed by atoms with E-state index in [1.807, 2.05) is 21.8 Å². The third-order valence-corrected chi connectivity index (χ3v) is 5.58. The molecule has 2 aromatic rings. The summed E-state index contributed by atoms with van der Waals surface area (Å²) in [5.74, 6) is -0.430. The Morgan fingerprint density at radius 1 is 0.897 bits per heavy atom. The lowest BCUT2D eigenvalue weighted by atomic mass is 10.1. The second kappa shape index (κ2) is 8.57. The van der Waals surface area contributed by atoms with Gasteiger partial charge in [-0.25, -0.2) is 0 Å². The summed E-state index contributed by atoms with van der Waals surface area (Å²) in [6.07, 6.45) is 4.57.